The molecule has 0 unspecified atom stereocenters. The molecule has 2 rings (SSSR count). The first kappa shape index (κ1) is 18.3. The highest BCUT2D eigenvalue weighted by molar-refractivity contribution is 6.31. The molecule has 5 heteroatoms. The Balaban J connectivity index is 0.00000220. The summed E-state index contributed by atoms with van der Waals surface area (Å²) in [6.07, 6.45) is 2.88. The average molecular weight is 331 g/mol. The summed E-state index contributed by atoms with van der Waals surface area (Å²) in [5.74, 6) is 0.781. The fourth-order valence-corrected chi connectivity index (χ4v) is 2.87. The third-order valence-electron chi connectivity index (χ3n) is 3.98. The Bertz CT molecular complexity index is 448. The molecular weight excluding hydrogens is 307 g/mol. The molecule has 0 aliphatic carbocycles. The summed E-state index contributed by atoms with van der Waals surface area (Å²) >= 11 is 6.18. The van der Waals surface area contributed by atoms with E-state index in [9.17, 15) is 4.79 Å². The quantitative estimate of drug-likeness (QED) is 0.896. The van der Waals surface area contributed by atoms with Gasteiger partial charge >= 0.3 is 0 Å². The number of carbonyl (C=O) groups is 1. The van der Waals surface area contributed by atoms with Crippen molar-refractivity contribution >= 4 is 29.9 Å². The van der Waals surface area contributed by atoms with Crippen molar-refractivity contribution in [3.05, 3.63) is 34.9 Å². The summed E-state index contributed by atoms with van der Waals surface area (Å²) in [5.41, 5.74) is 1.02. The van der Waals surface area contributed by atoms with Crippen molar-refractivity contribution in [3.8, 4) is 0 Å². The Morgan fingerprint density at radius 2 is 2.00 bits per heavy atom. The lowest BCUT2D eigenvalue weighted by Gasteiger charge is -2.26. The van der Waals surface area contributed by atoms with Crippen molar-refractivity contribution in [2.45, 2.75) is 32.7 Å². The highest BCUT2D eigenvalue weighted by atomic mass is 35.5. The van der Waals surface area contributed by atoms with Gasteiger partial charge in [-0.05, 0) is 50.4 Å². The van der Waals surface area contributed by atoms with E-state index in [1.807, 2.05) is 36.1 Å². The van der Waals surface area contributed by atoms with Crippen LogP contribution in [-0.4, -0.2) is 30.4 Å². The molecule has 0 atom stereocenters. The first-order valence-corrected chi connectivity index (χ1v) is 7.80. The minimum absolute atomic E-state index is 0. The molecule has 1 amide bonds. The summed E-state index contributed by atoms with van der Waals surface area (Å²) in [5, 5.41) is 4.07. The van der Waals surface area contributed by atoms with E-state index >= 15 is 0 Å². The van der Waals surface area contributed by atoms with Crippen molar-refractivity contribution in [1.82, 2.24) is 10.2 Å². The van der Waals surface area contributed by atoms with Crippen LogP contribution >= 0.6 is 24.0 Å². The fraction of sp³-hybridized carbons (Fsp3) is 0.562. The molecular formula is C16H24Cl2N2O. The molecule has 1 heterocycles. The molecule has 1 aromatic carbocycles. The van der Waals surface area contributed by atoms with Crippen molar-refractivity contribution in [2.75, 3.05) is 19.6 Å². The van der Waals surface area contributed by atoms with Gasteiger partial charge in [0.1, 0.15) is 0 Å². The number of hydrogen-bond acceptors (Lipinski definition) is 2. The van der Waals surface area contributed by atoms with E-state index in [0.717, 1.165) is 43.1 Å². The van der Waals surface area contributed by atoms with Crippen LogP contribution in [0.3, 0.4) is 0 Å². The van der Waals surface area contributed by atoms with E-state index in [1.54, 1.807) is 0 Å². The minimum atomic E-state index is 0. The summed E-state index contributed by atoms with van der Waals surface area (Å²) in [6, 6.07) is 7.75. The number of halogens is 2. The van der Waals surface area contributed by atoms with Crippen molar-refractivity contribution in [3.63, 3.8) is 0 Å². The highest BCUT2D eigenvalue weighted by Gasteiger charge is 2.20. The molecule has 118 valence electrons. The van der Waals surface area contributed by atoms with E-state index in [4.69, 9.17) is 11.6 Å². The molecule has 0 radical (unpaired) electrons. The number of rotatable bonds is 5. The molecule has 1 aliphatic heterocycles. The lowest BCUT2D eigenvalue weighted by molar-refractivity contribution is -0.132. The Morgan fingerprint density at radius 3 is 2.62 bits per heavy atom. The number of hydrogen-bond donors (Lipinski definition) is 1. The van der Waals surface area contributed by atoms with E-state index in [2.05, 4.69) is 5.32 Å². The Morgan fingerprint density at radius 1 is 1.33 bits per heavy atom. The van der Waals surface area contributed by atoms with Crippen LogP contribution in [0, 0.1) is 5.92 Å². The number of nitrogens with one attached hydrogen (secondary N) is 1. The van der Waals surface area contributed by atoms with Gasteiger partial charge in [-0.1, -0.05) is 29.8 Å². The second-order valence-electron chi connectivity index (χ2n) is 5.40. The third-order valence-corrected chi connectivity index (χ3v) is 4.34. The maximum absolute atomic E-state index is 12.4. The van der Waals surface area contributed by atoms with E-state index in [1.165, 1.54) is 0 Å². The largest absolute Gasteiger partial charge is 0.339 e. The predicted octanol–water partition coefficient (Wildman–Crippen LogP) is 3.50. The fourth-order valence-electron chi connectivity index (χ4n) is 2.67. The average Bonchev–Trinajstić information content (AvgIpc) is 2.47. The highest BCUT2D eigenvalue weighted by Crippen LogP contribution is 2.20. The van der Waals surface area contributed by atoms with Gasteiger partial charge in [-0.25, -0.2) is 0 Å². The van der Waals surface area contributed by atoms with Gasteiger partial charge in [0.25, 0.3) is 0 Å². The van der Waals surface area contributed by atoms with Gasteiger partial charge in [0.2, 0.25) is 5.91 Å². The molecule has 1 N–H and O–H groups in total. The molecule has 0 aromatic heterocycles. The molecule has 3 nitrogen and oxygen atoms in total. The van der Waals surface area contributed by atoms with Gasteiger partial charge in [-0.2, -0.15) is 0 Å². The summed E-state index contributed by atoms with van der Waals surface area (Å²) < 4.78 is 0. The van der Waals surface area contributed by atoms with Crippen LogP contribution in [0.25, 0.3) is 0 Å². The van der Waals surface area contributed by atoms with Crippen LogP contribution in [0.2, 0.25) is 5.02 Å². The normalized spacial score (nSPS) is 15.3. The summed E-state index contributed by atoms with van der Waals surface area (Å²) in [4.78, 5) is 14.3. The van der Waals surface area contributed by atoms with E-state index in [-0.39, 0.29) is 18.3 Å². The minimum Gasteiger partial charge on any atom is -0.339 e. The predicted molar refractivity (Wildman–Crippen MR) is 90.0 cm³/mol. The van der Waals surface area contributed by atoms with Gasteiger partial charge in [0.05, 0.1) is 0 Å². The summed E-state index contributed by atoms with van der Waals surface area (Å²) in [6.45, 7) is 5.44. The maximum Gasteiger partial charge on any atom is 0.223 e. The molecule has 0 saturated carbocycles. The number of piperidine rings is 1. The zero-order valence-corrected chi connectivity index (χ0v) is 14.1. The number of carbonyl (C=O) groups excluding carboxylic acids is 1. The van der Waals surface area contributed by atoms with Crippen LogP contribution in [-0.2, 0) is 11.3 Å². The SMILES string of the molecule is CCN(Cc1ccccc1Cl)C(=O)CC1CCNCC1.Cl. The van der Waals surface area contributed by atoms with Gasteiger partial charge in [-0.15, -0.1) is 12.4 Å². The molecule has 21 heavy (non-hydrogen) atoms. The zero-order valence-electron chi connectivity index (χ0n) is 12.5. The molecule has 1 saturated heterocycles. The Labute approximate surface area is 138 Å². The first-order valence-electron chi connectivity index (χ1n) is 7.42. The first-order chi connectivity index (χ1) is 9.70. The van der Waals surface area contributed by atoms with Crippen LogP contribution < -0.4 is 5.32 Å². The van der Waals surface area contributed by atoms with Crippen LogP contribution in [0.4, 0.5) is 0 Å². The van der Waals surface area contributed by atoms with Crippen LogP contribution in [0.15, 0.2) is 24.3 Å². The zero-order chi connectivity index (χ0) is 14.4. The van der Waals surface area contributed by atoms with Crippen LogP contribution in [0.5, 0.6) is 0 Å². The summed E-state index contributed by atoms with van der Waals surface area (Å²) in [7, 11) is 0. The molecule has 1 fully saturated rings. The number of nitrogens with zero attached hydrogens (tertiary/aromatic N) is 1. The van der Waals surface area contributed by atoms with Crippen molar-refractivity contribution in [2.24, 2.45) is 5.92 Å². The third kappa shape index (κ3) is 5.50. The van der Waals surface area contributed by atoms with E-state index < -0.39 is 0 Å². The van der Waals surface area contributed by atoms with Crippen molar-refractivity contribution in [1.29, 1.82) is 0 Å². The second kappa shape index (κ2) is 9.29. The van der Waals surface area contributed by atoms with E-state index in [0.29, 0.717) is 18.9 Å². The van der Waals surface area contributed by atoms with Gasteiger partial charge in [0, 0.05) is 24.5 Å². The lowest BCUT2D eigenvalue weighted by Crippen LogP contribution is -2.35. The van der Waals surface area contributed by atoms with Crippen molar-refractivity contribution < 1.29 is 4.79 Å². The molecule has 0 bridgehead atoms. The Hall–Kier alpha value is -0.770. The number of amides is 1. The number of benzene rings is 1. The lowest BCUT2D eigenvalue weighted by atomic mass is 9.94. The topological polar surface area (TPSA) is 32.3 Å². The smallest absolute Gasteiger partial charge is 0.223 e. The Kier molecular flexibility index (Phi) is 8.09. The van der Waals surface area contributed by atoms with Gasteiger partial charge in [0.15, 0.2) is 0 Å². The molecule has 1 aromatic rings. The maximum atomic E-state index is 12.4. The van der Waals surface area contributed by atoms with Gasteiger partial charge in [-0.3, -0.25) is 4.79 Å². The second-order valence-corrected chi connectivity index (χ2v) is 5.80. The monoisotopic (exact) mass is 330 g/mol. The van der Waals surface area contributed by atoms with Gasteiger partial charge < -0.3 is 10.2 Å². The van der Waals surface area contributed by atoms with Crippen LogP contribution in [0.1, 0.15) is 31.7 Å². The molecule has 0 spiro atoms. The standard InChI is InChI=1S/C16H23ClN2O.ClH/c1-2-19(12-14-5-3-4-6-15(14)17)16(20)11-13-7-9-18-10-8-13;/h3-6,13,18H,2,7-12H2,1H3;1H. The molecule has 1 aliphatic rings.